The summed E-state index contributed by atoms with van der Waals surface area (Å²) in [5, 5.41) is 9.02. The first-order valence-electron chi connectivity index (χ1n) is 16.6. The summed E-state index contributed by atoms with van der Waals surface area (Å²) in [5.41, 5.74) is 6.20. The molecule has 0 N–H and O–H groups in total. The summed E-state index contributed by atoms with van der Waals surface area (Å²) in [7, 11) is -1.23. The Bertz CT molecular complexity index is 2430. The van der Waals surface area contributed by atoms with Gasteiger partial charge in [0.25, 0.3) is 0 Å². The van der Waals surface area contributed by atoms with Crippen molar-refractivity contribution in [3.63, 3.8) is 0 Å². The van der Waals surface area contributed by atoms with E-state index in [1.54, 1.807) is 0 Å². The number of nitrogens with zero attached hydrogens (tertiary/aromatic N) is 2. The van der Waals surface area contributed by atoms with Crippen molar-refractivity contribution in [2.75, 3.05) is 0 Å². The van der Waals surface area contributed by atoms with Crippen LogP contribution in [0.2, 0.25) is 19.6 Å². The van der Waals surface area contributed by atoms with Gasteiger partial charge in [-0.2, -0.15) is 11.3 Å². The quantitative estimate of drug-likeness (QED) is 0.100. The molecule has 0 spiro atoms. The Kier molecular flexibility index (Phi) is 9.40. The molecule has 5 heteroatoms. The molecular weight excluding hydrogens is 797 g/mol. The molecule has 48 heavy (non-hydrogen) atoms. The van der Waals surface area contributed by atoms with Gasteiger partial charge in [0, 0.05) is 38.6 Å². The van der Waals surface area contributed by atoms with Gasteiger partial charge >= 0.3 is 0 Å². The fourth-order valence-electron chi connectivity index (χ4n) is 6.01. The van der Waals surface area contributed by atoms with Crippen LogP contribution >= 0.6 is 11.3 Å². The van der Waals surface area contributed by atoms with E-state index in [2.05, 4.69) is 109 Å². The van der Waals surface area contributed by atoms with E-state index < -0.39 is 14.0 Å². The molecule has 8 rings (SSSR count). The maximum atomic E-state index is 8.42. The predicted octanol–water partition coefficient (Wildman–Crippen LogP) is 11.7. The second kappa shape index (κ2) is 13.9. The Morgan fingerprint density at radius 1 is 0.708 bits per heavy atom. The van der Waals surface area contributed by atoms with Crippen LogP contribution in [0.1, 0.15) is 32.2 Å². The van der Waals surface area contributed by atoms with Gasteiger partial charge in [-0.3, -0.25) is 0 Å². The summed E-state index contributed by atoms with van der Waals surface area (Å²) in [6.07, 6.45) is 3.83. The van der Waals surface area contributed by atoms with Crippen molar-refractivity contribution in [2.24, 2.45) is 0 Å². The second-order valence-corrected chi connectivity index (χ2v) is 19.5. The third kappa shape index (κ3) is 6.79. The number of thiophene rings is 1. The second-order valence-electron chi connectivity index (χ2n) is 13.5. The van der Waals surface area contributed by atoms with Crippen LogP contribution in [-0.2, 0) is 20.1 Å². The van der Waals surface area contributed by atoms with Crippen LogP contribution in [0.3, 0.4) is 0 Å². The van der Waals surface area contributed by atoms with Crippen LogP contribution in [0.4, 0.5) is 0 Å². The Morgan fingerprint density at radius 3 is 2.25 bits per heavy atom. The van der Waals surface area contributed by atoms with Gasteiger partial charge in [0.2, 0.25) is 0 Å². The largest absolute Gasteiger partial charge is 0.305 e. The molecule has 8 aromatic rings. The zero-order valence-electron chi connectivity index (χ0n) is 29.1. The first-order chi connectivity index (χ1) is 23.0. The number of hydrogen-bond acceptors (Lipinski definition) is 3. The number of pyridine rings is 2. The zero-order valence-corrected chi connectivity index (χ0v) is 32.3. The van der Waals surface area contributed by atoms with Crippen LogP contribution in [0.15, 0.2) is 116 Å². The van der Waals surface area contributed by atoms with E-state index >= 15 is 0 Å². The van der Waals surface area contributed by atoms with E-state index in [4.69, 9.17) is 1.37 Å². The number of benzene rings is 5. The van der Waals surface area contributed by atoms with Gasteiger partial charge in [-0.1, -0.05) is 98.5 Å². The van der Waals surface area contributed by atoms with E-state index in [9.17, 15) is 0 Å². The molecule has 5 aromatic carbocycles. The van der Waals surface area contributed by atoms with Crippen LogP contribution in [0.25, 0.3) is 64.2 Å². The maximum absolute atomic E-state index is 8.42. The van der Waals surface area contributed by atoms with Crippen molar-refractivity contribution in [2.45, 2.75) is 46.3 Å². The Balaban J connectivity index is 0.000000208. The minimum Gasteiger partial charge on any atom is -0.305 e. The number of aromatic nitrogens is 2. The monoisotopic (exact) mass is 836 g/mol. The maximum Gasteiger partial charge on any atom is 0.0795 e. The summed E-state index contributed by atoms with van der Waals surface area (Å²) in [5.74, 6) is -0.665. The Hall–Kier alpha value is -3.99. The minimum absolute atomic E-state index is 0. The van der Waals surface area contributed by atoms with Crippen LogP contribution in [0.5, 0.6) is 0 Å². The van der Waals surface area contributed by atoms with E-state index in [0.717, 1.165) is 28.1 Å². The van der Waals surface area contributed by atoms with Crippen LogP contribution < -0.4 is 5.19 Å². The van der Waals surface area contributed by atoms with Crippen molar-refractivity contribution < 1.29 is 21.5 Å². The zero-order chi connectivity index (χ0) is 33.6. The SMILES string of the molecule is C[Si](C)(C)c1ccc(-c2[c-]cccc2)nc1.[2H]C(C)(C)c1ccnc(-c2[c-]ccc3c2sc2c4cc5ccc(C)cc5cc4ccc32)c1.[Ir]. The van der Waals surface area contributed by atoms with E-state index in [1.165, 1.54) is 52.5 Å². The number of hydrogen-bond donors (Lipinski definition) is 0. The Labute approximate surface area is 303 Å². The number of aryl methyl sites for hydroxylation is 1. The van der Waals surface area contributed by atoms with Gasteiger partial charge in [0.05, 0.1) is 8.07 Å². The normalized spacial score (nSPS) is 12.1. The average Bonchev–Trinajstić information content (AvgIpc) is 3.47. The fourth-order valence-corrected chi connectivity index (χ4v) is 8.38. The molecule has 0 aliphatic carbocycles. The van der Waals surface area contributed by atoms with Gasteiger partial charge in [-0.15, -0.1) is 59.7 Å². The van der Waals surface area contributed by atoms with Crippen molar-refractivity contribution in [3.8, 4) is 22.5 Å². The number of fused-ring (bicyclic) bond motifs is 6. The number of rotatable bonds is 4. The third-order valence-electron chi connectivity index (χ3n) is 8.73. The van der Waals surface area contributed by atoms with Crippen molar-refractivity contribution in [3.05, 3.63) is 139 Å². The molecule has 0 fully saturated rings. The first kappa shape index (κ1) is 32.5. The van der Waals surface area contributed by atoms with Gasteiger partial charge in [-0.25, -0.2) is 0 Å². The molecule has 0 aliphatic heterocycles. The molecule has 0 saturated carbocycles. The van der Waals surface area contributed by atoms with Gasteiger partial charge in [0.15, 0.2) is 0 Å². The average molecular weight is 836 g/mol. The van der Waals surface area contributed by atoms with E-state index in [1.807, 2.05) is 80.0 Å². The van der Waals surface area contributed by atoms with Gasteiger partial charge in [-0.05, 0) is 79.2 Å². The van der Waals surface area contributed by atoms with E-state index in [0.29, 0.717) is 0 Å². The molecule has 0 atom stereocenters. The van der Waals surface area contributed by atoms with Gasteiger partial charge < -0.3 is 9.97 Å². The fraction of sp³-hybridized carbons (Fsp3) is 0.163. The van der Waals surface area contributed by atoms with Gasteiger partial charge in [0.1, 0.15) is 0 Å². The molecule has 0 saturated heterocycles. The van der Waals surface area contributed by atoms with Crippen molar-refractivity contribution in [1.29, 1.82) is 0 Å². The third-order valence-corrected chi connectivity index (χ3v) is 12.0. The summed E-state index contributed by atoms with van der Waals surface area (Å²) in [4.78, 5) is 9.17. The molecule has 0 unspecified atom stereocenters. The smallest absolute Gasteiger partial charge is 0.0795 e. The molecule has 241 valence electrons. The Morgan fingerprint density at radius 2 is 1.52 bits per heavy atom. The van der Waals surface area contributed by atoms with Crippen LogP contribution in [-0.4, -0.2) is 18.0 Å². The molecular formula is C43H38IrN2SSi-2. The topological polar surface area (TPSA) is 25.8 Å². The molecule has 1 radical (unpaired) electrons. The summed E-state index contributed by atoms with van der Waals surface area (Å²) in [6, 6.07) is 42.8. The summed E-state index contributed by atoms with van der Waals surface area (Å²) in [6.45, 7) is 13.0. The first-order valence-corrected chi connectivity index (χ1v) is 20.4. The summed E-state index contributed by atoms with van der Waals surface area (Å²) >= 11 is 1.82. The molecule has 0 amide bonds. The molecule has 2 nitrogen and oxygen atoms in total. The molecule has 0 bridgehead atoms. The van der Waals surface area contributed by atoms with Crippen molar-refractivity contribution in [1.82, 2.24) is 9.97 Å². The predicted molar refractivity (Wildman–Crippen MR) is 207 cm³/mol. The van der Waals surface area contributed by atoms with Crippen molar-refractivity contribution >= 4 is 66.3 Å². The summed E-state index contributed by atoms with van der Waals surface area (Å²) < 4.78 is 10.9. The molecule has 3 heterocycles. The molecule has 3 aromatic heterocycles. The van der Waals surface area contributed by atoms with Crippen LogP contribution in [0, 0.1) is 19.1 Å². The van der Waals surface area contributed by atoms with E-state index in [-0.39, 0.29) is 20.1 Å². The molecule has 0 aliphatic rings. The minimum atomic E-state index is -1.23. The standard InChI is InChI=1S/C29H22NS.C14H16NSi.Ir/c1-17(2)19-11-12-30-27(16-19)25-6-4-5-23-24-10-9-21-14-22-13-18(3)7-8-20(22)15-26(21)29(24)31-28(23)25;1-16(2,3)13-9-10-14(15-11-13)12-7-5-4-6-8-12;/h4-5,7-17H,1-3H3;4-7,9-11H,1-3H3;/q2*-1;/i17D;;.